The lowest BCUT2D eigenvalue weighted by Crippen LogP contribution is -2.36. The summed E-state index contributed by atoms with van der Waals surface area (Å²) >= 11 is 1.39. The molecule has 0 aromatic carbocycles. The molecular formula is C17H18N2O3S. The van der Waals surface area contributed by atoms with Gasteiger partial charge in [0.05, 0.1) is 17.4 Å². The minimum Gasteiger partial charge on any atom is -0.481 e. The van der Waals surface area contributed by atoms with Gasteiger partial charge in [0, 0.05) is 4.88 Å². The first-order chi connectivity index (χ1) is 11.0. The van der Waals surface area contributed by atoms with E-state index in [4.69, 9.17) is 0 Å². The number of thiophene rings is 1. The van der Waals surface area contributed by atoms with Crippen molar-refractivity contribution in [3.63, 3.8) is 0 Å². The van der Waals surface area contributed by atoms with Gasteiger partial charge in [-0.25, -0.2) is 0 Å². The Morgan fingerprint density at radius 2 is 2.04 bits per heavy atom. The zero-order valence-electron chi connectivity index (χ0n) is 13.0. The summed E-state index contributed by atoms with van der Waals surface area (Å²) in [5, 5.41) is 22.2. The van der Waals surface area contributed by atoms with E-state index in [1.807, 2.05) is 26.0 Å². The number of nitriles is 1. The van der Waals surface area contributed by atoms with E-state index in [0.717, 1.165) is 23.3 Å². The molecular weight excluding hydrogens is 312 g/mol. The highest BCUT2D eigenvalue weighted by molar-refractivity contribution is 7.16. The number of allylic oxidation sites excluding steroid dienone is 2. The summed E-state index contributed by atoms with van der Waals surface area (Å²) in [5.74, 6) is -2.49. The van der Waals surface area contributed by atoms with E-state index in [9.17, 15) is 20.0 Å². The van der Waals surface area contributed by atoms with Gasteiger partial charge in [0.15, 0.2) is 0 Å². The minimum atomic E-state index is -0.917. The highest BCUT2D eigenvalue weighted by Gasteiger charge is 2.51. The molecule has 1 amide bonds. The molecule has 1 saturated carbocycles. The molecule has 1 fully saturated rings. The highest BCUT2D eigenvalue weighted by Crippen LogP contribution is 2.48. The van der Waals surface area contributed by atoms with Crippen LogP contribution in [0.3, 0.4) is 0 Å². The van der Waals surface area contributed by atoms with E-state index in [-0.39, 0.29) is 17.7 Å². The van der Waals surface area contributed by atoms with Gasteiger partial charge in [-0.05, 0) is 37.2 Å². The number of carboxylic acid groups (broad SMARTS) is 1. The monoisotopic (exact) mass is 330 g/mol. The Balaban J connectivity index is 1.87. The number of hydrogen-bond donors (Lipinski definition) is 2. The highest BCUT2D eigenvalue weighted by atomic mass is 32.1. The van der Waals surface area contributed by atoms with E-state index in [0.29, 0.717) is 10.6 Å². The first kappa shape index (κ1) is 15.8. The van der Waals surface area contributed by atoms with Crippen LogP contribution in [-0.4, -0.2) is 17.0 Å². The summed E-state index contributed by atoms with van der Waals surface area (Å²) in [4.78, 5) is 25.2. The predicted octanol–water partition coefficient (Wildman–Crippen LogP) is 2.95. The van der Waals surface area contributed by atoms with Crippen LogP contribution in [0.15, 0.2) is 12.2 Å². The summed E-state index contributed by atoms with van der Waals surface area (Å²) in [6.07, 6.45) is 5.33. The van der Waals surface area contributed by atoms with Crippen LogP contribution in [0.5, 0.6) is 0 Å². The lowest BCUT2D eigenvalue weighted by Gasteiger charge is -2.23. The molecule has 120 valence electrons. The predicted molar refractivity (Wildman–Crippen MR) is 87.1 cm³/mol. The average Bonchev–Trinajstić information content (AvgIpc) is 3.18. The molecule has 0 aliphatic heterocycles. The second-order valence-corrected chi connectivity index (χ2v) is 7.36. The Morgan fingerprint density at radius 1 is 1.39 bits per heavy atom. The second kappa shape index (κ2) is 5.82. The molecule has 3 rings (SSSR count). The third kappa shape index (κ3) is 2.45. The third-order valence-electron chi connectivity index (χ3n) is 4.96. The molecule has 5 nitrogen and oxygen atoms in total. The third-order valence-corrected chi connectivity index (χ3v) is 6.02. The summed E-state index contributed by atoms with van der Waals surface area (Å²) < 4.78 is 0. The van der Waals surface area contributed by atoms with Crippen LogP contribution in [0.25, 0.3) is 0 Å². The first-order valence-corrected chi connectivity index (χ1v) is 8.53. The molecule has 1 heterocycles. The molecule has 0 radical (unpaired) electrons. The Morgan fingerprint density at radius 3 is 2.61 bits per heavy atom. The maximum Gasteiger partial charge on any atom is 0.307 e. The molecule has 0 spiro atoms. The number of aryl methyl sites for hydroxylation is 1. The average molecular weight is 330 g/mol. The first-order valence-electron chi connectivity index (χ1n) is 7.72. The van der Waals surface area contributed by atoms with Crippen molar-refractivity contribution in [2.24, 2.45) is 23.7 Å². The fourth-order valence-electron chi connectivity index (χ4n) is 3.92. The molecule has 2 bridgehead atoms. The number of aliphatic carboxylic acids is 1. The Hall–Kier alpha value is -2.13. The number of nitrogens with one attached hydrogen (secondary N) is 1. The van der Waals surface area contributed by atoms with Crippen molar-refractivity contribution in [2.75, 3.05) is 5.32 Å². The van der Waals surface area contributed by atoms with Gasteiger partial charge in [0.1, 0.15) is 11.1 Å². The van der Waals surface area contributed by atoms with Crippen molar-refractivity contribution >= 4 is 28.2 Å². The molecule has 23 heavy (non-hydrogen) atoms. The van der Waals surface area contributed by atoms with Gasteiger partial charge < -0.3 is 10.4 Å². The number of fused-ring (bicyclic) bond motifs is 2. The largest absolute Gasteiger partial charge is 0.481 e. The second-order valence-electron chi connectivity index (χ2n) is 6.13. The smallest absolute Gasteiger partial charge is 0.307 e. The zero-order chi connectivity index (χ0) is 16.7. The van der Waals surface area contributed by atoms with Crippen LogP contribution >= 0.6 is 11.3 Å². The van der Waals surface area contributed by atoms with Crippen molar-refractivity contribution in [3.8, 4) is 6.07 Å². The van der Waals surface area contributed by atoms with E-state index >= 15 is 0 Å². The molecule has 1 aromatic heterocycles. The molecule has 2 aliphatic carbocycles. The number of anilines is 1. The van der Waals surface area contributed by atoms with E-state index < -0.39 is 17.8 Å². The number of rotatable bonds is 4. The van der Waals surface area contributed by atoms with Crippen molar-refractivity contribution < 1.29 is 14.7 Å². The summed E-state index contributed by atoms with van der Waals surface area (Å²) in [7, 11) is 0. The van der Waals surface area contributed by atoms with Gasteiger partial charge in [-0.3, -0.25) is 9.59 Å². The molecule has 4 unspecified atom stereocenters. The van der Waals surface area contributed by atoms with Crippen molar-refractivity contribution in [3.05, 3.63) is 28.2 Å². The van der Waals surface area contributed by atoms with Crippen LogP contribution in [0.1, 0.15) is 29.3 Å². The summed E-state index contributed by atoms with van der Waals surface area (Å²) in [5.41, 5.74) is 1.46. The van der Waals surface area contributed by atoms with Gasteiger partial charge in [-0.1, -0.05) is 19.1 Å². The Kier molecular flexibility index (Phi) is 3.99. The van der Waals surface area contributed by atoms with Crippen LogP contribution in [0.2, 0.25) is 0 Å². The summed E-state index contributed by atoms with van der Waals surface area (Å²) in [6.45, 7) is 3.91. The van der Waals surface area contributed by atoms with E-state index in [2.05, 4.69) is 11.4 Å². The lowest BCUT2D eigenvalue weighted by atomic mass is 9.82. The maximum absolute atomic E-state index is 12.7. The van der Waals surface area contributed by atoms with E-state index in [1.54, 1.807) is 0 Å². The molecule has 2 N–H and O–H groups in total. The molecule has 6 heteroatoms. The van der Waals surface area contributed by atoms with Crippen molar-refractivity contribution in [2.45, 2.75) is 26.7 Å². The zero-order valence-corrected chi connectivity index (χ0v) is 13.8. The van der Waals surface area contributed by atoms with Crippen molar-refractivity contribution in [1.29, 1.82) is 5.26 Å². The van der Waals surface area contributed by atoms with Crippen LogP contribution in [0.4, 0.5) is 5.00 Å². The topological polar surface area (TPSA) is 90.2 Å². The normalized spacial score (nSPS) is 27.9. The van der Waals surface area contributed by atoms with Crippen LogP contribution in [0, 0.1) is 41.9 Å². The maximum atomic E-state index is 12.7. The lowest BCUT2D eigenvalue weighted by molar-refractivity contribution is -0.146. The Labute approximate surface area is 138 Å². The van der Waals surface area contributed by atoms with Gasteiger partial charge in [0.2, 0.25) is 5.91 Å². The molecule has 1 aromatic rings. The number of amides is 1. The quantitative estimate of drug-likeness (QED) is 0.831. The number of carbonyl (C=O) groups excluding carboxylic acids is 1. The van der Waals surface area contributed by atoms with Gasteiger partial charge in [-0.15, -0.1) is 11.3 Å². The summed E-state index contributed by atoms with van der Waals surface area (Å²) in [6, 6.07) is 2.17. The number of carboxylic acids is 1. The number of hydrogen-bond acceptors (Lipinski definition) is 4. The minimum absolute atomic E-state index is 0.0154. The van der Waals surface area contributed by atoms with Gasteiger partial charge in [-0.2, -0.15) is 5.26 Å². The van der Waals surface area contributed by atoms with Crippen LogP contribution < -0.4 is 5.32 Å². The molecule has 4 atom stereocenters. The van der Waals surface area contributed by atoms with Gasteiger partial charge in [0.25, 0.3) is 0 Å². The van der Waals surface area contributed by atoms with E-state index in [1.165, 1.54) is 11.3 Å². The number of nitrogens with zero attached hydrogens (tertiary/aromatic N) is 1. The number of carbonyl (C=O) groups is 2. The molecule has 0 saturated heterocycles. The fourth-order valence-corrected chi connectivity index (χ4v) is 5.02. The SMILES string of the molecule is CCc1c(C)sc(NC(=O)C2C3C=CC(C3)C2C(=O)O)c1C#N. The van der Waals surface area contributed by atoms with Crippen molar-refractivity contribution in [1.82, 2.24) is 0 Å². The fraction of sp³-hybridized carbons (Fsp3) is 0.471. The Bertz CT molecular complexity index is 744. The molecule has 2 aliphatic rings. The van der Waals surface area contributed by atoms with Crippen LogP contribution in [-0.2, 0) is 16.0 Å². The van der Waals surface area contributed by atoms with Gasteiger partial charge >= 0.3 is 5.97 Å². The standard InChI is InChI=1S/C17H18N2O3S/c1-3-11-8(2)23-16(12(11)7-18)19-15(20)13-9-4-5-10(6-9)14(13)17(21)22/h4-5,9-10,13-14H,3,6H2,1-2H3,(H,19,20)(H,21,22).